The van der Waals surface area contributed by atoms with E-state index in [1.165, 1.54) is 5.56 Å². The summed E-state index contributed by atoms with van der Waals surface area (Å²) in [5.74, 6) is 5.62. The fourth-order valence-electron chi connectivity index (χ4n) is 1.62. The molecule has 78 valence electrons. The third kappa shape index (κ3) is 2.34. The van der Waals surface area contributed by atoms with Gasteiger partial charge in [-0.15, -0.1) is 0 Å². The molecule has 1 aromatic rings. The minimum Gasteiger partial charge on any atom is -0.271 e. The van der Waals surface area contributed by atoms with E-state index in [1.807, 2.05) is 18.2 Å². The van der Waals surface area contributed by atoms with Crippen molar-refractivity contribution in [1.82, 2.24) is 5.43 Å². The Morgan fingerprint density at radius 1 is 1.29 bits per heavy atom. The number of hydrogen-bond donors (Lipinski definition) is 2. The molecule has 0 amide bonds. The lowest BCUT2D eigenvalue weighted by Gasteiger charge is -2.33. The van der Waals surface area contributed by atoms with E-state index >= 15 is 0 Å². The van der Waals surface area contributed by atoms with Crippen LogP contribution in [-0.2, 0) is 0 Å². The highest BCUT2D eigenvalue weighted by molar-refractivity contribution is 5.20. The summed E-state index contributed by atoms with van der Waals surface area (Å²) in [6.07, 6.45) is 1.09. The summed E-state index contributed by atoms with van der Waals surface area (Å²) in [6.45, 7) is 6.64. The van der Waals surface area contributed by atoms with Gasteiger partial charge in [0.05, 0.1) is 6.04 Å². The van der Waals surface area contributed by atoms with Crippen LogP contribution in [0.4, 0.5) is 0 Å². The molecule has 2 heteroatoms. The molecule has 1 rings (SSSR count). The molecule has 0 radical (unpaired) electrons. The Bertz CT molecular complexity index is 267. The van der Waals surface area contributed by atoms with Crippen LogP contribution in [0.5, 0.6) is 0 Å². The maximum atomic E-state index is 5.62. The van der Waals surface area contributed by atoms with Crippen LogP contribution in [0.15, 0.2) is 30.3 Å². The molecule has 14 heavy (non-hydrogen) atoms. The van der Waals surface area contributed by atoms with Gasteiger partial charge in [0.15, 0.2) is 0 Å². The SMILES string of the molecule is CCC(C)(C)C(NN)c1ccccc1. The molecule has 0 saturated heterocycles. The van der Waals surface area contributed by atoms with Crippen molar-refractivity contribution >= 4 is 0 Å². The summed E-state index contributed by atoms with van der Waals surface area (Å²) >= 11 is 0. The molecule has 0 heterocycles. The molecular formula is C12H20N2. The van der Waals surface area contributed by atoms with Crippen molar-refractivity contribution in [2.45, 2.75) is 33.2 Å². The maximum Gasteiger partial charge on any atom is 0.0510 e. The summed E-state index contributed by atoms with van der Waals surface area (Å²) in [4.78, 5) is 0. The fourth-order valence-corrected chi connectivity index (χ4v) is 1.62. The minimum absolute atomic E-state index is 0.177. The normalized spacial score (nSPS) is 14.0. The van der Waals surface area contributed by atoms with Gasteiger partial charge in [-0.2, -0.15) is 0 Å². The van der Waals surface area contributed by atoms with Gasteiger partial charge in [0.2, 0.25) is 0 Å². The van der Waals surface area contributed by atoms with E-state index in [9.17, 15) is 0 Å². The van der Waals surface area contributed by atoms with Gasteiger partial charge in [0.25, 0.3) is 0 Å². The van der Waals surface area contributed by atoms with Crippen LogP contribution >= 0.6 is 0 Å². The van der Waals surface area contributed by atoms with Crippen LogP contribution in [0.2, 0.25) is 0 Å². The van der Waals surface area contributed by atoms with E-state index in [0.717, 1.165) is 6.42 Å². The molecule has 0 aliphatic rings. The standard InChI is InChI=1S/C12H20N2/c1-4-12(2,3)11(14-13)10-8-6-5-7-9-10/h5-9,11,14H,4,13H2,1-3H3. The molecule has 0 aliphatic heterocycles. The summed E-state index contributed by atoms with van der Waals surface area (Å²) in [5.41, 5.74) is 4.34. The average Bonchev–Trinajstić information content (AvgIpc) is 2.20. The van der Waals surface area contributed by atoms with E-state index in [0.29, 0.717) is 0 Å². The quantitative estimate of drug-likeness (QED) is 0.568. The summed E-state index contributed by atoms with van der Waals surface area (Å²) in [5, 5.41) is 0. The van der Waals surface area contributed by atoms with Crippen LogP contribution in [0.25, 0.3) is 0 Å². The third-order valence-corrected chi connectivity index (χ3v) is 2.99. The highest BCUT2D eigenvalue weighted by Gasteiger charge is 2.27. The second-order valence-electron chi connectivity index (χ2n) is 4.35. The lowest BCUT2D eigenvalue weighted by atomic mass is 9.79. The van der Waals surface area contributed by atoms with Gasteiger partial charge in [-0.1, -0.05) is 51.1 Å². The first-order chi connectivity index (χ1) is 6.61. The van der Waals surface area contributed by atoms with E-state index < -0.39 is 0 Å². The van der Waals surface area contributed by atoms with Gasteiger partial charge in [0.1, 0.15) is 0 Å². The molecule has 0 saturated carbocycles. The first kappa shape index (κ1) is 11.2. The van der Waals surface area contributed by atoms with E-state index in [-0.39, 0.29) is 11.5 Å². The van der Waals surface area contributed by atoms with Crippen molar-refractivity contribution in [3.63, 3.8) is 0 Å². The lowest BCUT2D eigenvalue weighted by molar-refractivity contribution is 0.236. The predicted molar refractivity (Wildman–Crippen MR) is 60.6 cm³/mol. The summed E-state index contributed by atoms with van der Waals surface area (Å²) in [6, 6.07) is 10.6. The highest BCUT2D eigenvalue weighted by atomic mass is 15.2. The third-order valence-electron chi connectivity index (χ3n) is 2.99. The summed E-state index contributed by atoms with van der Waals surface area (Å²) in [7, 11) is 0. The van der Waals surface area contributed by atoms with Crippen LogP contribution < -0.4 is 11.3 Å². The molecule has 0 bridgehead atoms. The first-order valence-electron chi connectivity index (χ1n) is 5.13. The van der Waals surface area contributed by atoms with Crippen molar-refractivity contribution in [1.29, 1.82) is 0 Å². The number of hydrogen-bond acceptors (Lipinski definition) is 2. The monoisotopic (exact) mass is 192 g/mol. The molecule has 1 aromatic carbocycles. The number of nitrogens with one attached hydrogen (secondary N) is 1. The number of benzene rings is 1. The Balaban J connectivity index is 2.93. The molecule has 1 unspecified atom stereocenters. The molecule has 0 aromatic heterocycles. The minimum atomic E-state index is 0.177. The van der Waals surface area contributed by atoms with Crippen LogP contribution in [-0.4, -0.2) is 0 Å². The van der Waals surface area contributed by atoms with E-state index in [4.69, 9.17) is 5.84 Å². The van der Waals surface area contributed by atoms with E-state index in [1.54, 1.807) is 0 Å². The zero-order valence-corrected chi connectivity index (χ0v) is 9.25. The Labute approximate surface area is 86.5 Å². The molecular weight excluding hydrogens is 172 g/mol. The zero-order chi connectivity index (χ0) is 10.6. The number of hydrazine groups is 1. The van der Waals surface area contributed by atoms with Gasteiger partial charge in [-0.25, -0.2) is 0 Å². The average molecular weight is 192 g/mol. The summed E-state index contributed by atoms with van der Waals surface area (Å²) < 4.78 is 0. The van der Waals surface area contributed by atoms with Gasteiger partial charge in [0, 0.05) is 0 Å². The molecule has 3 N–H and O–H groups in total. The molecule has 2 nitrogen and oxygen atoms in total. The van der Waals surface area contributed by atoms with Gasteiger partial charge in [-0.05, 0) is 17.4 Å². The Morgan fingerprint density at radius 3 is 2.29 bits per heavy atom. The van der Waals surface area contributed by atoms with Gasteiger partial charge < -0.3 is 0 Å². The van der Waals surface area contributed by atoms with Crippen molar-refractivity contribution in [3.05, 3.63) is 35.9 Å². The van der Waals surface area contributed by atoms with Crippen LogP contribution in [0, 0.1) is 5.41 Å². The largest absolute Gasteiger partial charge is 0.271 e. The topological polar surface area (TPSA) is 38.0 Å². The molecule has 1 atom stereocenters. The number of rotatable bonds is 4. The first-order valence-corrected chi connectivity index (χ1v) is 5.13. The second-order valence-corrected chi connectivity index (χ2v) is 4.35. The molecule has 0 spiro atoms. The Hall–Kier alpha value is -0.860. The van der Waals surface area contributed by atoms with Crippen molar-refractivity contribution < 1.29 is 0 Å². The fraction of sp³-hybridized carbons (Fsp3) is 0.500. The lowest BCUT2D eigenvalue weighted by Crippen LogP contribution is -2.38. The molecule has 0 fully saturated rings. The molecule has 0 aliphatic carbocycles. The number of nitrogens with two attached hydrogens (primary N) is 1. The highest BCUT2D eigenvalue weighted by Crippen LogP contribution is 2.35. The van der Waals surface area contributed by atoms with Crippen molar-refractivity contribution in [2.24, 2.45) is 11.3 Å². The zero-order valence-electron chi connectivity index (χ0n) is 9.25. The maximum absolute atomic E-state index is 5.62. The van der Waals surface area contributed by atoms with Crippen LogP contribution in [0.1, 0.15) is 38.8 Å². The predicted octanol–water partition coefficient (Wildman–Crippen LogP) is 2.63. The smallest absolute Gasteiger partial charge is 0.0510 e. The Kier molecular flexibility index (Phi) is 3.67. The van der Waals surface area contributed by atoms with Crippen molar-refractivity contribution in [2.75, 3.05) is 0 Å². The van der Waals surface area contributed by atoms with Crippen molar-refractivity contribution in [3.8, 4) is 0 Å². The van der Waals surface area contributed by atoms with Gasteiger partial charge in [-0.3, -0.25) is 11.3 Å². The Morgan fingerprint density at radius 2 is 1.86 bits per heavy atom. The van der Waals surface area contributed by atoms with Gasteiger partial charge >= 0.3 is 0 Å². The van der Waals surface area contributed by atoms with Crippen LogP contribution in [0.3, 0.4) is 0 Å². The second kappa shape index (κ2) is 4.58. The van der Waals surface area contributed by atoms with E-state index in [2.05, 4.69) is 38.3 Å².